The van der Waals surface area contributed by atoms with Gasteiger partial charge in [0.15, 0.2) is 0 Å². The first-order valence-electron chi connectivity index (χ1n) is 5.43. The van der Waals surface area contributed by atoms with Crippen molar-refractivity contribution in [1.82, 2.24) is 0 Å². The Hall–Kier alpha value is -0.910. The normalized spacial score (nSPS) is 20.9. The van der Waals surface area contributed by atoms with Crippen LogP contribution in [-0.2, 0) is 14.9 Å². The van der Waals surface area contributed by atoms with Crippen molar-refractivity contribution in [2.75, 3.05) is 12.4 Å². The Balaban J connectivity index is 0.000000209. The molecule has 1 N–H and O–H groups in total. The summed E-state index contributed by atoms with van der Waals surface area (Å²) in [6.07, 6.45) is 8.50. The molecule has 0 saturated heterocycles. The fourth-order valence-electron chi connectivity index (χ4n) is 1.42. The van der Waals surface area contributed by atoms with Gasteiger partial charge in [-0.25, -0.2) is 0 Å². The van der Waals surface area contributed by atoms with E-state index in [2.05, 4.69) is 38.2 Å². The van der Waals surface area contributed by atoms with E-state index >= 15 is 0 Å². The maximum Gasteiger partial charge on any atom is 0.264 e. The Morgan fingerprint density at radius 3 is 2.59 bits per heavy atom. The van der Waals surface area contributed by atoms with Gasteiger partial charge in [0.2, 0.25) is 0 Å². The van der Waals surface area contributed by atoms with Crippen LogP contribution in [0.2, 0.25) is 0 Å². The van der Waals surface area contributed by atoms with Gasteiger partial charge < -0.3 is 4.74 Å². The minimum absolute atomic E-state index is 0.0820. The molecule has 96 valence electrons. The van der Waals surface area contributed by atoms with Crippen LogP contribution in [0.4, 0.5) is 0 Å². The van der Waals surface area contributed by atoms with Crippen molar-refractivity contribution in [2.24, 2.45) is 0 Å². The quantitative estimate of drug-likeness (QED) is 0.732. The average Bonchev–Trinajstić information content (AvgIpc) is 2.63. The predicted octanol–water partition coefficient (Wildman–Crippen LogP) is 2.11. The van der Waals surface area contributed by atoms with Gasteiger partial charge in [-0.1, -0.05) is 18.2 Å². The third-order valence-electron chi connectivity index (χ3n) is 2.41. The topological polar surface area (TPSA) is 63.6 Å². The molecule has 5 heteroatoms. The van der Waals surface area contributed by atoms with Gasteiger partial charge in [0.25, 0.3) is 10.1 Å². The van der Waals surface area contributed by atoms with Crippen molar-refractivity contribution < 1.29 is 17.7 Å². The van der Waals surface area contributed by atoms with Crippen LogP contribution in [0.1, 0.15) is 20.8 Å². The lowest BCUT2D eigenvalue weighted by Crippen LogP contribution is -2.27. The van der Waals surface area contributed by atoms with Crippen molar-refractivity contribution in [3.63, 3.8) is 0 Å². The Bertz CT molecular complexity index is 467. The molecule has 0 spiro atoms. The van der Waals surface area contributed by atoms with E-state index in [0.29, 0.717) is 0 Å². The van der Waals surface area contributed by atoms with Gasteiger partial charge in [-0.05, 0) is 38.0 Å². The molecule has 0 amide bonds. The lowest BCUT2D eigenvalue weighted by molar-refractivity contribution is 0.0289. The zero-order valence-electron chi connectivity index (χ0n) is 10.3. The molecule has 0 unspecified atom stereocenters. The summed E-state index contributed by atoms with van der Waals surface area (Å²) < 4.78 is 32.5. The molecule has 0 fully saturated rings. The third-order valence-corrected chi connectivity index (χ3v) is 3.14. The highest BCUT2D eigenvalue weighted by molar-refractivity contribution is 7.85. The SMILES string of the molecule is CC1(C)C=C2C=CC=C2CO1.CCS(=O)(=O)O. The Morgan fingerprint density at radius 2 is 2.06 bits per heavy atom. The molecular weight excluding hydrogens is 240 g/mol. The van der Waals surface area contributed by atoms with E-state index in [4.69, 9.17) is 9.29 Å². The van der Waals surface area contributed by atoms with Crippen LogP contribution in [0.5, 0.6) is 0 Å². The summed E-state index contributed by atoms with van der Waals surface area (Å²) in [4.78, 5) is 0. The molecule has 0 aromatic rings. The molecule has 0 aromatic carbocycles. The van der Waals surface area contributed by atoms with Crippen molar-refractivity contribution in [1.29, 1.82) is 0 Å². The highest BCUT2D eigenvalue weighted by atomic mass is 32.2. The van der Waals surface area contributed by atoms with E-state index < -0.39 is 10.1 Å². The second-order valence-electron chi connectivity index (χ2n) is 4.41. The van der Waals surface area contributed by atoms with Crippen LogP contribution in [0.15, 0.2) is 35.5 Å². The van der Waals surface area contributed by atoms with Gasteiger partial charge in [0, 0.05) is 0 Å². The van der Waals surface area contributed by atoms with Gasteiger partial charge in [0.05, 0.1) is 18.0 Å². The maximum absolute atomic E-state index is 9.56. The average molecular weight is 258 g/mol. The standard InChI is InChI=1S/C10H12O.C2H6O3S/c1-10(2)6-8-4-3-5-9(8)7-11-10;1-2-6(3,4)5/h3-6H,7H2,1-2H3;2H2,1H3,(H,3,4,5). The number of hydrogen-bond donors (Lipinski definition) is 1. The Morgan fingerprint density at radius 1 is 1.47 bits per heavy atom. The largest absolute Gasteiger partial charge is 0.367 e. The van der Waals surface area contributed by atoms with Crippen molar-refractivity contribution in [3.05, 3.63) is 35.5 Å². The zero-order valence-corrected chi connectivity index (χ0v) is 11.1. The molecule has 1 aliphatic carbocycles. The van der Waals surface area contributed by atoms with Crippen LogP contribution in [0, 0.1) is 0 Å². The second-order valence-corrected chi connectivity index (χ2v) is 6.15. The fraction of sp³-hybridized carbons (Fsp3) is 0.500. The molecule has 0 radical (unpaired) electrons. The van der Waals surface area contributed by atoms with E-state index in [-0.39, 0.29) is 11.4 Å². The molecule has 0 aromatic heterocycles. The monoisotopic (exact) mass is 258 g/mol. The summed E-state index contributed by atoms with van der Waals surface area (Å²) in [5, 5.41) is 0. The van der Waals surface area contributed by atoms with Crippen LogP contribution in [0.3, 0.4) is 0 Å². The summed E-state index contributed by atoms with van der Waals surface area (Å²) in [6.45, 7) is 6.30. The van der Waals surface area contributed by atoms with E-state index in [1.807, 2.05) is 0 Å². The lowest BCUT2D eigenvalue weighted by Gasteiger charge is -2.27. The molecule has 17 heavy (non-hydrogen) atoms. The molecule has 0 atom stereocenters. The summed E-state index contributed by atoms with van der Waals surface area (Å²) in [6, 6.07) is 0. The lowest BCUT2D eigenvalue weighted by atomic mass is 9.98. The van der Waals surface area contributed by atoms with Gasteiger partial charge in [-0.3, -0.25) is 4.55 Å². The molecule has 2 rings (SSSR count). The predicted molar refractivity (Wildman–Crippen MR) is 67.4 cm³/mol. The van der Waals surface area contributed by atoms with Gasteiger partial charge in [-0.15, -0.1) is 0 Å². The van der Waals surface area contributed by atoms with Gasteiger partial charge in [0.1, 0.15) is 0 Å². The van der Waals surface area contributed by atoms with Crippen LogP contribution in [-0.4, -0.2) is 30.9 Å². The molecule has 1 aliphatic heterocycles. The van der Waals surface area contributed by atoms with Crippen LogP contribution < -0.4 is 0 Å². The van der Waals surface area contributed by atoms with Crippen LogP contribution >= 0.6 is 0 Å². The number of rotatable bonds is 1. The summed E-state index contributed by atoms with van der Waals surface area (Å²) >= 11 is 0. The molecular formula is C12H18O4S. The highest BCUT2D eigenvalue weighted by Crippen LogP contribution is 2.29. The zero-order chi connectivity index (χ0) is 13.1. The minimum Gasteiger partial charge on any atom is -0.367 e. The smallest absolute Gasteiger partial charge is 0.264 e. The first-order chi connectivity index (χ1) is 7.73. The molecule has 0 bridgehead atoms. The molecule has 4 nitrogen and oxygen atoms in total. The Kier molecular flexibility index (Phi) is 4.30. The minimum atomic E-state index is -3.66. The molecule has 0 saturated carbocycles. The van der Waals surface area contributed by atoms with Crippen LogP contribution in [0.25, 0.3) is 0 Å². The highest BCUT2D eigenvalue weighted by Gasteiger charge is 2.23. The van der Waals surface area contributed by atoms with Gasteiger partial charge in [-0.2, -0.15) is 8.42 Å². The summed E-state index contributed by atoms with van der Waals surface area (Å²) in [5.74, 6) is -0.201. The number of hydrogen-bond acceptors (Lipinski definition) is 3. The summed E-state index contributed by atoms with van der Waals surface area (Å²) in [7, 11) is -3.66. The second kappa shape index (κ2) is 5.16. The number of fused-ring (bicyclic) bond motifs is 1. The van der Waals surface area contributed by atoms with Crippen molar-refractivity contribution in [3.8, 4) is 0 Å². The van der Waals surface area contributed by atoms with Crippen molar-refractivity contribution in [2.45, 2.75) is 26.4 Å². The fourth-order valence-corrected chi connectivity index (χ4v) is 1.42. The summed E-state index contributed by atoms with van der Waals surface area (Å²) in [5.41, 5.74) is 2.56. The van der Waals surface area contributed by atoms with E-state index in [0.717, 1.165) is 6.61 Å². The number of allylic oxidation sites excluding steroid dienone is 3. The molecule has 2 aliphatic rings. The third kappa shape index (κ3) is 4.85. The Labute approximate surface area is 102 Å². The van der Waals surface area contributed by atoms with E-state index in [1.54, 1.807) is 0 Å². The first kappa shape index (κ1) is 14.2. The van der Waals surface area contributed by atoms with E-state index in [1.165, 1.54) is 18.1 Å². The maximum atomic E-state index is 9.56. The molecule has 1 heterocycles. The van der Waals surface area contributed by atoms with Gasteiger partial charge >= 0.3 is 0 Å². The van der Waals surface area contributed by atoms with E-state index in [9.17, 15) is 8.42 Å². The number of ether oxygens (including phenoxy) is 1. The first-order valence-corrected chi connectivity index (χ1v) is 7.04. The van der Waals surface area contributed by atoms with Crippen molar-refractivity contribution >= 4 is 10.1 Å².